The highest BCUT2D eigenvalue weighted by atomic mass is 32.1. The van der Waals surface area contributed by atoms with E-state index in [-0.39, 0.29) is 0 Å². The molecule has 13 heavy (non-hydrogen) atoms. The number of thiol groups is 1. The van der Waals surface area contributed by atoms with Crippen LogP contribution in [0.3, 0.4) is 0 Å². The van der Waals surface area contributed by atoms with Gasteiger partial charge < -0.3 is 0 Å². The van der Waals surface area contributed by atoms with Crippen molar-refractivity contribution < 1.29 is 0 Å². The van der Waals surface area contributed by atoms with Crippen LogP contribution < -0.4 is 0 Å². The van der Waals surface area contributed by atoms with E-state index in [0.717, 1.165) is 17.8 Å². The van der Waals surface area contributed by atoms with Crippen molar-refractivity contribution in [2.45, 2.75) is 53.2 Å². The zero-order chi connectivity index (χ0) is 10.6. The van der Waals surface area contributed by atoms with Crippen molar-refractivity contribution >= 4 is 12.6 Å². The molecule has 0 saturated heterocycles. The molecule has 0 bridgehead atoms. The minimum absolute atomic E-state index is 0.515. The van der Waals surface area contributed by atoms with Gasteiger partial charge in [0.2, 0.25) is 0 Å². The van der Waals surface area contributed by atoms with Gasteiger partial charge in [-0.1, -0.05) is 48.0 Å². The Hall–Kier alpha value is 0.350. The highest BCUT2D eigenvalue weighted by Crippen LogP contribution is 2.31. The topological polar surface area (TPSA) is 0 Å². The quantitative estimate of drug-likeness (QED) is 0.633. The molecule has 0 nitrogen and oxygen atoms in total. The van der Waals surface area contributed by atoms with E-state index in [4.69, 9.17) is 0 Å². The van der Waals surface area contributed by atoms with Gasteiger partial charge >= 0.3 is 0 Å². The van der Waals surface area contributed by atoms with Gasteiger partial charge in [-0.15, -0.1) is 0 Å². The molecule has 4 unspecified atom stereocenters. The lowest BCUT2D eigenvalue weighted by Gasteiger charge is -2.31. The summed E-state index contributed by atoms with van der Waals surface area (Å²) in [5, 5.41) is 0.515. The molecule has 0 aliphatic carbocycles. The maximum absolute atomic E-state index is 4.52. The van der Waals surface area contributed by atoms with Crippen LogP contribution >= 0.6 is 12.6 Å². The molecule has 0 fully saturated rings. The third-order valence-corrected chi connectivity index (χ3v) is 4.43. The second kappa shape index (κ2) is 5.95. The molecule has 80 valence electrons. The first-order valence-electron chi connectivity index (χ1n) is 5.59. The van der Waals surface area contributed by atoms with Crippen LogP contribution in [0.2, 0.25) is 0 Å². The van der Waals surface area contributed by atoms with Gasteiger partial charge in [0.05, 0.1) is 0 Å². The van der Waals surface area contributed by atoms with Crippen molar-refractivity contribution in [2.24, 2.45) is 23.7 Å². The lowest BCUT2D eigenvalue weighted by atomic mass is 9.76. The van der Waals surface area contributed by atoms with Crippen LogP contribution in [0.4, 0.5) is 0 Å². The van der Waals surface area contributed by atoms with Gasteiger partial charge in [-0.3, -0.25) is 0 Å². The summed E-state index contributed by atoms with van der Waals surface area (Å²) in [5.41, 5.74) is 0. The van der Waals surface area contributed by atoms with Crippen molar-refractivity contribution in [3.05, 3.63) is 0 Å². The normalized spacial score (nSPS) is 23.3. The van der Waals surface area contributed by atoms with E-state index in [1.807, 2.05) is 0 Å². The summed E-state index contributed by atoms with van der Waals surface area (Å²) in [7, 11) is 0. The Morgan fingerprint density at radius 2 is 1.31 bits per heavy atom. The van der Waals surface area contributed by atoms with Crippen molar-refractivity contribution in [3.8, 4) is 0 Å². The van der Waals surface area contributed by atoms with Crippen LogP contribution in [0, 0.1) is 23.7 Å². The zero-order valence-corrected chi connectivity index (χ0v) is 10.9. The van der Waals surface area contributed by atoms with Crippen LogP contribution in [0.25, 0.3) is 0 Å². The fourth-order valence-corrected chi connectivity index (χ4v) is 2.08. The van der Waals surface area contributed by atoms with Crippen LogP contribution in [0.15, 0.2) is 0 Å². The van der Waals surface area contributed by atoms with Crippen molar-refractivity contribution in [1.82, 2.24) is 0 Å². The van der Waals surface area contributed by atoms with Crippen molar-refractivity contribution in [2.75, 3.05) is 0 Å². The standard InChI is InChI=1S/C12H26S/c1-7-8(2)9(3)10(4)11(5)12(6)13/h8-13H,7H2,1-6H3/t8?,9?,10?,11?,12-/m1/s1. The van der Waals surface area contributed by atoms with Gasteiger partial charge in [0.1, 0.15) is 0 Å². The zero-order valence-electron chi connectivity index (χ0n) is 10.0. The Bertz CT molecular complexity index is 131. The van der Waals surface area contributed by atoms with Crippen molar-refractivity contribution in [3.63, 3.8) is 0 Å². The number of hydrogen-bond donors (Lipinski definition) is 1. The molecule has 1 heteroatoms. The summed E-state index contributed by atoms with van der Waals surface area (Å²) < 4.78 is 0. The average molecular weight is 202 g/mol. The summed E-state index contributed by atoms with van der Waals surface area (Å²) in [6, 6.07) is 0. The van der Waals surface area contributed by atoms with E-state index in [0.29, 0.717) is 11.2 Å². The Labute approximate surface area is 89.9 Å². The monoisotopic (exact) mass is 202 g/mol. The first-order valence-corrected chi connectivity index (χ1v) is 6.11. The van der Waals surface area contributed by atoms with Gasteiger partial charge in [-0.2, -0.15) is 12.6 Å². The summed E-state index contributed by atoms with van der Waals surface area (Å²) in [6.45, 7) is 13.9. The molecule has 0 aromatic rings. The minimum atomic E-state index is 0.515. The minimum Gasteiger partial charge on any atom is -0.176 e. The van der Waals surface area contributed by atoms with Crippen molar-refractivity contribution in [1.29, 1.82) is 0 Å². The summed E-state index contributed by atoms with van der Waals surface area (Å²) in [5.74, 6) is 3.15. The Morgan fingerprint density at radius 1 is 0.846 bits per heavy atom. The molecule has 0 amide bonds. The van der Waals surface area contributed by atoms with E-state index in [9.17, 15) is 0 Å². The SMILES string of the molecule is CCC(C)C(C)C(C)C(C)[C@@H](C)S. The second-order valence-electron chi connectivity index (χ2n) is 4.70. The van der Waals surface area contributed by atoms with E-state index >= 15 is 0 Å². The maximum atomic E-state index is 4.52. The fraction of sp³-hybridized carbons (Fsp3) is 1.00. The Balaban J connectivity index is 4.15. The molecular formula is C12H26S. The van der Waals surface area contributed by atoms with Crippen LogP contribution in [0.5, 0.6) is 0 Å². The highest BCUT2D eigenvalue weighted by Gasteiger charge is 2.24. The molecule has 0 saturated carbocycles. The molecule has 0 radical (unpaired) electrons. The molecule has 0 spiro atoms. The van der Waals surface area contributed by atoms with Gasteiger partial charge in [-0.05, 0) is 23.7 Å². The summed E-state index contributed by atoms with van der Waals surface area (Å²) >= 11 is 4.52. The van der Waals surface area contributed by atoms with E-state index < -0.39 is 0 Å². The number of rotatable bonds is 5. The van der Waals surface area contributed by atoms with E-state index in [2.05, 4.69) is 54.2 Å². The van der Waals surface area contributed by atoms with Gasteiger partial charge in [0.15, 0.2) is 0 Å². The first-order chi connectivity index (χ1) is 5.91. The van der Waals surface area contributed by atoms with Crippen LogP contribution in [-0.2, 0) is 0 Å². The molecular weight excluding hydrogens is 176 g/mol. The summed E-state index contributed by atoms with van der Waals surface area (Å²) in [4.78, 5) is 0. The molecule has 0 heterocycles. The first kappa shape index (κ1) is 13.4. The second-order valence-corrected chi connectivity index (χ2v) is 5.52. The highest BCUT2D eigenvalue weighted by molar-refractivity contribution is 7.80. The lowest BCUT2D eigenvalue weighted by molar-refractivity contribution is 0.208. The predicted octanol–water partition coefficient (Wildman–Crippen LogP) is 4.26. The molecule has 0 aromatic carbocycles. The third-order valence-electron chi connectivity index (χ3n) is 3.96. The van der Waals surface area contributed by atoms with Crippen LogP contribution in [0.1, 0.15) is 48.0 Å². The average Bonchev–Trinajstić information content (AvgIpc) is 2.12. The van der Waals surface area contributed by atoms with E-state index in [1.54, 1.807) is 0 Å². The maximum Gasteiger partial charge on any atom is 0.00167 e. The molecule has 0 aliphatic heterocycles. The molecule has 0 rings (SSSR count). The fourth-order valence-electron chi connectivity index (χ4n) is 1.81. The third kappa shape index (κ3) is 3.93. The van der Waals surface area contributed by atoms with Gasteiger partial charge in [-0.25, -0.2) is 0 Å². The van der Waals surface area contributed by atoms with E-state index in [1.165, 1.54) is 6.42 Å². The lowest BCUT2D eigenvalue weighted by Crippen LogP contribution is -2.26. The molecule has 0 N–H and O–H groups in total. The van der Waals surface area contributed by atoms with Gasteiger partial charge in [0, 0.05) is 5.25 Å². The largest absolute Gasteiger partial charge is 0.176 e. The van der Waals surface area contributed by atoms with Crippen LogP contribution in [-0.4, -0.2) is 5.25 Å². The number of hydrogen-bond acceptors (Lipinski definition) is 1. The smallest absolute Gasteiger partial charge is 0.00167 e. The summed E-state index contributed by atoms with van der Waals surface area (Å²) in [6.07, 6.45) is 1.29. The molecule has 5 atom stereocenters. The Kier molecular flexibility index (Phi) is 6.11. The predicted molar refractivity (Wildman–Crippen MR) is 65.4 cm³/mol. The van der Waals surface area contributed by atoms with Gasteiger partial charge in [0.25, 0.3) is 0 Å². The Morgan fingerprint density at radius 3 is 1.62 bits per heavy atom. The molecule has 0 aromatic heterocycles. The molecule has 0 aliphatic rings.